The van der Waals surface area contributed by atoms with Crippen LogP contribution >= 0.6 is 0 Å². The molecule has 1 heterocycles. The van der Waals surface area contributed by atoms with Crippen LogP contribution in [0.5, 0.6) is 0 Å². The van der Waals surface area contributed by atoms with Gasteiger partial charge in [0.05, 0.1) is 0 Å². The van der Waals surface area contributed by atoms with E-state index in [4.69, 9.17) is 0 Å². The van der Waals surface area contributed by atoms with Crippen LogP contribution in [0.1, 0.15) is 30.8 Å². The highest BCUT2D eigenvalue weighted by Crippen LogP contribution is 2.37. The molecule has 0 aromatic carbocycles. The number of nitrogens with one attached hydrogen (secondary N) is 2. The number of nitrogens with zero attached hydrogens (tertiary/aromatic N) is 1. The molecule has 2 rings (SSSR count). The normalized spacial score (nSPS) is 22.0. The Labute approximate surface area is 102 Å². The topological polar surface area (TPSA) is 54.0 Å². The Kier molecular flexibility index (Phi) is 3.61. The number of anilines is 1. The number of aromatic nitrogens is 1. The maximum absolute atomic E-state index is 11.6. The van der Waals surface area contributed by atoms with Crippen molar-refractivity contribution in [3.63, 3.8) is 0 Å². The molecule has 17 heavy (non-hydrogen) atoms. The lowest BCUT2D eigenvalue weighted by Crippen LogP contribution is -2.23. The molecule has 1 aliphatic carbocycles. The summed E-state index contributed by atoms with van der Waals surface area (Å²) in [5, 5.41) is 6.10. The second kappa shape index (κ2) is 5.17. The lowest BCUT2D eigenvalue weighted by molar-refractivity contribution is 0.0951. The van der Waals surface area contributed by atoms with Gasteiger partial charge < -0.3 is 10.6 Å². The zero-order chi connectivity index (χ0) is 12.3. The molecule has 0 spiro atoms. The predicted octanol–water partition coefficient (Wildman–Crippen LogP) is 1.90. The zero-order valence-corrected chi connectivity index (χ0v) is 10.4. The lowest BCUT2D eigenvalue weighted by atomic mass is 10.2. The number of hydrogen-bond acceptors (Lipinski definition) is 3. The van der Waals surface area contributed by atoms with E-state index in [9.17, 15) is 4.79 Å². The van der Waals surface area contributed by atoms with Gasteiger partial charge in [-0.15, -0.1) is 0 Å². The first-order valence-corrected chi connectivity index (χ1v) is 6.18. The third-order valence-electron chi connectivity index (χ3n) is 3.17. The van der Waals surface area contributed by atoms with Crippen LogP contribution in [-0.2, 0) is 0 Å². The Hall–Kier alpha value is -1.58. The van der Waals surface area contributed by atoms with Crippen LogP contribution in [0.2, 0.25) is 0 Å². The van der Waals surface area contributed by atoms with E-state index in [2.05, 4.69) is 22.5 Å². The fraction of sp³-hybridized carbons (Fsp3) is 0.538. The van der Waals surface area contributed by atoms with Gasteiger partial charge in [-0.3, -0.25) is 9.78 Å². The SMILES string of the molecule is CCNC(=O)c1cc(NCC2CC2C)ccn1. The van der Waals surface area contributed by atoms with Crippen molar-refractivity contribution in [3.8, 4) is 0 Å². The second-order valence-corrected chi connectivity index (χ2v) is 4.64. The van der Waals surface area contributed by atoms with Gasteiger partial charge in [0.1, 0.15) is 5.69 Å². The minimum Gasteiger partial charge on any atom is -0.385 e. The Morgan fingerprint density at radius 2 is 2.35 bits per heavy atom. The van der Waals surface area contributed by atoms with Crippen LogP contribution in [0.15, 0.2) is 18.3 Å². The van der Waals surface area contributed by atoms with Crippen LogP contribution < -0.4 is 10.6 Å². The highest BCUT2D eigenvalue weighted by Gasteiger charge is 2.31. The molecule has 1 aromatic heterocycles. The minimum absolute atomic E-state index is 0.115. The van der Waals surface area contributed by atoms with Gasteiger partial charge >= 0.3 is 0 Å². The highest BCUT2D eigenvalue weighted by atomic mass is 16.1. The Morgan fingerprint density at radius 1 is 1.59 bits per heavy atom. The number of amides is 1. The van der Waals surface area contributed by atoms with Crippen molar-refractivity contribution in [3.05, 3.63) is 24.0 Å². The van der Waals surface area contributed by atoms with E-state index in [1.165, 1.54) is 6.42 Å². The van der Waals surface area contributed by atoms with Crippen molar-refractivity contribution in [1.82, 2.24) is 10.3 Å². The Bertz CT molecular complexity index is 405. The average molecular weight is 233 g/mol. The molecular formula is C13H19N3O. The largest absolute Gasteiger partial charge is 0.385 e. The molecule has 0 saturated heterocycles. The second-order valence-electron chi connectivity index (χ2n) is 4.64. The van der Waals surface area contributed by atoms with Crippen molar-refractivity contribution < 1.29 is 4.79 Å². The summed E-state index contributed by atoms with van der Waals surface area (Å²) in [6.07, 6.45) is 2.98. The molecule has 2 unspecified atom stereocenters. The van der Waals surface area contributed by atoms with Gasteiger partial charge in [0, 0.05) is 25.0 Å². The van der Waals surface area contributed by atoms with E-state index >= 15 is 0 Å². The fourth-order valence-corrected chi connectivity index (χ4v) is 1.85. The first-order chi connectivity index (χ1) is 8.20. The van der Waals surface area contributed by atoms with Crippen LogP contribution in [0.4, 0.5) is 5.69 Å². The zero-order valence-electron chi connectivity index (χ0n) is 10.4. The van der Waals surface area contributed by atoms with Crippen LogP contribution in [0.3, 0.4) is 0 Å². The van der Waals surface area contributed by atoms with E-state index in [1.54, 1.807) is 12.3 Å². The molecule has 4 heteroatoms. The van der Waals surface area contributed by atoms with E-state index in [0.717, 1.165) is 24.1 Å². The smallest absolute Gasteiger partial charge is 0.269 e. The number of pyridine rings is 1. The van der Waals surface area contributed by atoms with E-state index in [-0.39, 0.29) is 5.91 Å². The summed E-state index contributed by atoms with van der Waals surface area (Å²) in [7, 11) is 0. The van der Waals surface area contributed by atoms with Gasteiger partial charge in [0.15, 0.2) is 0 Å². The quantitative estimate of drug-likeness (QED) is 0.816. The van der Waals surface area contributed by atoms with Crippen molar-refractivity contribution in [2.45, 2.75) is 20.3 Å². The monoisotopic (exact) mass is 233 g/mol. The predicted molar refractivity (Wildman–Crippen MR) is 68.0 cm³/mol. The third-order valence-corrected chi connectivity index (χ3v) is 3.17. The van der Waals surface area contributed by atoms with Crippen LogP contribution in [-0.4, -0.2) is 24.0 Å². The maximum atomic E-state index is 11.6. The molecular weight excluding hydrogens is 214 g/mol. The molecule has 2 atom stereocenters. The molecule has 1 saturated carbocycles. The summed E-state index contributed by atoms with van der Waals surface area (Å²) >= 11 is 0. The van der Waals surface area contributed by atoms with Crippen molar-refractivity contribution in [2.75, 3.05) is 18.4 Å². The molecule has 0 aliphatic heterocycles. The molecule has 4 nitrogen and oxygen atoms in total. The van der Waals surface area contributed by atoms with Gasteiger partial charge in [0.2, 0.25) is 0 Å². The van der Waals surface area contributed by atoms with Crippen molar-refractivity contribution >= 4 is 11.6 Å². The summed E-state index contributed by atoms with van der Waals surface area (Å²) in [5.74, 6) is 1.51. The van der Waals surface area contributed by atoms with Crippen molar-refractivity contribution in [1.29, 1.82) is 0 Å². The molecule has 1 fully saturated rings. The van der Waals surface area contributed by atoms with Gasteiger partial charge in [-0.05, 0) is 37.3 Å². The summed E-state index contributed by atoms with van der Waals surface area (Å²) in [6.45, 7) is 5.77. The van der Waals surface area contributed by atoms with Gasteiger partial charge in [0.25, 0.3) is 5.91 Å². The molecule has 2 N–H and O–H groups in total. The lowest BCUT2D eigenvalue weighted by Gasteiger charge is -2.07. The molecule has 1 aliphatic rings. The number of carbonyl (C=O) groups is 1. The molecule has 1 aromatic rings. The van der Waals surface area contributed by atoms with E-state index < -0.39 is 0 Å². The Morgan fingerprint density at radius 3 is 3.00 bits per heavy atom. The van der Waals surface area contributed by atoms with E-state index in [0.29, 0.717) is 12.2 Å². The summed E-state index contributed by atoms with van der Waals surface area (Å²) < 4.78 is 0. The minimum atomic E-state index is -0.115. The van der Waals surface area contributed by atoms with Crippen molar-refractivity contribution in [2.24, 2.45) is 11.8 Å². The Balaban J connectivity index is 1.93. The average Bonchev–Trinajstić information content (AvgIpc) is 3.04. The fourth-order valence-electron chi connectivity index (χ4n) is 1.85. The van der Waals surface area contributed by atoms with Gasteiger partial charge in [-0.1, -0.05) is 6.92 Å². The van der Waals surface area contributed by atoms with Crippen LogP contribution in [0, 0.1) is 11.8 Å². The third kappa shape index (κ3) is 3.19. The number of hydrogen-bond donors (Lipinski definition) is 2. The summed E-state index contributed by atoms with van der Waals surface area (Å²) in [4.78, 5) is 15.7. The molecule has 92 valence electrons. The standard InChI is InChI=1S/C13H19N3O/c1-3-14-13(17)12-7-11(4-5-15-12)16-8-10-6-9(10)2/h4-5,7,9-10H,3,6,8H2,1-2H3,(H,14,17)(H,15,16). The maximum Gasteiger partial charge on any atom is 0.269 e. The number of rotatable bonds is 5. The first-order valence-electron chi connectivity index (χ1n) is 6.18. The highest BCUT2D eigenvalue weighted by molar-refractivity contribution is 5.93. The summed E-state index contributed by atoms with van der Waals surface area (Å²) in [5.41, 5.74) is 1.45. The summed E-state index contributed by atoms with van der Waals surface area (Å²) in [6, 6.07) is 3.70. The molecule has 0 bridgehead atoms. The van der Waals surface area contributed by atoms with Crippen LogP contribution in [0.25, 0.3) is 0 Å². The van der Waals surface area contributed by atoms with E-state index in [1.807, 2.05) is 13.0 Å². The van der Waals surface area contributed by atoms with Gasteiger partial charge in [-0.25, -0.2) is 0 Å². The first kappa shape index (κ1) is 11.9. The number of carbonyl (C=O) groups excluding carboxylic acids is 1. The molecule has 0 radical (unpaired) electrons. The molecule has 1 amide bonds. The van der Waals surface area contributed by atoms with Gasteiger partial charge in [-0.2, -0.15) is 0 Å².